The van der Waals surface area contributed by atoms with Crippen LogP contribution in [0.15, 0.2) is 35.5 Å². The number of sulfonamides is 1. The normalized spacial score (nSPS) is 13.3. The van der Waals surface area contributed by atoms with Crippen LogP contribution in [0.3, 0.4) is 0 Å². The van der Waals surface area contributed by atoms with Gasteiger partial charge in [0.05, 0.1) is 10.9 Å². The van der Waals surface area contributed by atoms with E-state index in [9.17, 15) is 8.42 Å². The summed E-state index contributed by atoms with van der Waals surface area (Å²) in [6.07, 6.45) is 2.25. The predicted molar refractivity (Wildman–Crippen MR) is 78.9 cm³/mol. The third-order valence-electron chi connectivity index (χ3n) is 3.13. The number of aryl methyl sites for hydroxylation is 1. The van der Waals surface area contributed by atoms with Gasteiger partial charge in [-0.1, -0.05) is 12.1 Å². The highest BCUT2D eigenvalue weighted by Gasteiger charge is 2.20. The van der Waals surface area contributed by atoms with Crippen LogP contribution in [0.25, 0.3) is 0 Å². The lowest BCUT2D eigenvalue weighted by Crippen LogP contribution is -2.28. The minimum absolute atomic E-state index is 0.220. The first-order chi connectivity index (χ1) is 9.94. The minimum Gasteiger partial charge on any atom is -0.330 e. The number of nitrogens with zero attached hydrogens (tertiary/aromatic N) is 3. The standard InChI is InChI=1S/C13H19N5O2S/c1-10(13-16-15-9-18(13)2)17-21(19,20)12-5-3-11(4-6-12)7-8-14/h3-6,9-10,17H,7-8,14H2,1-2H3. The van der Waals surface area contributed by atoms with E-state index in [0.29, 0.717) is 12.4 Å². The summed E-state index contributed by atoms with van der Waals surface area (Å²) in [6.45, 7) is 2.26. The van der Waals surface area contributed by atoms with Gasteiger partial charge in [0.25, 0.3) is 0 Å². The molecule has 0 aliphatic rings. The first-order valence-corrected chi connectivity index (χ1v) is 8.07. The van der Waals surface area contributed by atoms with E-state index in [1.807, 2.05) is 0 Å². The smallest absolute Gasteiger partial charge is 0.241 e. The number of nitrogens with one attached hydrogen (secondary N) is 1. The molecule has 2 aromatic rings. The van der Waals surface area contributed by atoms with E-state index >= 15 is 0 Å². The van der Waals surface area contributed by atoms with Crippen molar-refractivity contribution < 1.29 is 8.42 Å². The maximum absolute atomic E-state index is 12.3. The molecule has 1 heterocycles. The lowest BCUT2D eigenvalue weighted by molar-refractivity contribution is 0.553. The molecule has 0 fully saturated rings. The summed E-state index contributed by atoms with van der Waals surface area (Å²) < 4.78 is 28.9. The Morgan fingerprint density at radius 1 is 1.33 bits per heavy atom. The molecule has 3 N–H and O–H groups in total. The van der Waals surface area contributed by atoms with Gasteiger partial charge in [-0.25, -0.2) is 13.1 Å². The summed E-state index contributed by atoms with van der Waals surface area (Å²) in [5, 5.41) is 7.65. The van der Waals surface area contributed by atoms with Gasteiger partial charge in [0.2, 0.25) is 10.0 Å². The Kier molecular flexibility index (Phi) is 4.71. The van der Waals surface area contributed by atoms with Crippen LogP contribution in [-0.2, 0) is 23.5 Å². The van der Waals surface area contributed by atoms with E-state index in [4.69, 9.17) is 5.73 Å². The molecule has 0 bridgehead atoms. The van der Waals surface area contributed by atoms with Crippen LogP contribution in [0.4, 0.5) is 0 Å². The van der Waals surface area contributed by atoms with Crippen molar-refractivity contribution in [3.8, 4) is 0 Å². The molecule has 0 saturated carbocycles. The molecule has 0 aliphatic heterocycles. The monoisotopic (exact) mass is 309 g/mol. The fourth-order valence-electron chi connectivity index (χ4n) is 2.04. The number of benzene rings is 1. The molecule has 21 heavy (non-hydrogen) atoms. The van der Waals surface area contributed by atoms with Gasteiger partial charge in [-0.3, -0.25) is 0 Å². The van der Waals surface area contributed by atoms with Gasteiger partial charge in [-0.05, 0) is 37.6 Å². The topological polar surface area (TPSA) is 103 Å². The van der Waals surface area contributed by atoms with Gasteiger partial charge in [-0.15, -0.1) is 10.2 Å². The molecule has 0 saturated heterocycles. The van der Waals surface area contributed by atoms with E-state index in [2.05, 4.69) is 14.9 Å². The van der Waals surface area contributed by atoms with E-state index in [0.717, 1.165) is 12.0 Å². The highest BCUT2D eigenvalue weighted by Crippen LogP contribution is 2.15. The fourth-order valence-corrected chi connectivity index (χ4v) is 3.24. The quantitative estimate of drug-likeness (QED) is 0.802. The maximum atomic E-state index is 12.3. The van der Waals surface area contributed by atoms with Crippen molar-refractivity contribution in [2.24, 2.45) is 12.8 Å². The van der Waals surface area contributed by atoms with Crippen molar-refractivity contribution in [1.29, 1.82) is 0 Å². The van der Waals surface area contributed by atoms with Crippen LogP contribution >= 0.6 is 0 Å². The third kappa shape index (κ3) is 3.66. The highest BCUT2D eigenvalue weighted by atomic mass is 32.2. The predicted octanol–water partition coefficient (Wildman–Crippen LogP) is 0.356. The Hall–Kier alpha value is -1.77. The number of nitrogens with two attached hydrogens (primary N) is 1. The molecule has 1 aromatic carbocycles. The Morgan fingerprint density at radius 3 is 2.52 bits per heavy atom. The van der Waals surface area contributed by atoms with Gasteiger partial charge in [0, 0.05) is 7.05 Å². The summed E-state index contributed by atoms with van der Waals surface area (Å²) in [4.78, 5) is 0.220. The van der Waals surface area contributed by atoms with Crippen LogP contribution < -0.4 is 10.5 Å². The van der Waals surface area contributed by atoms with Crippen molar-refractivity contribution >= 4 is 10.0 Å². The van der Waals surface area contributed by atoms with Gasteiger partial charge in [-0.2, -0.15) is 0 Å². The van der Waals surface area contributed by atoms with Gasteiger partial charge in [0.1, 0.15) is 12.2 Å². The van der Waals surface area contributed by atoms with Gasteiger partial charge >= 0.3 is 0 Å². The molecular weight excluding hydrogens is 290 g/mol. The Morgan fingerprint density at radius 2 is 2.00 bits per heavy atom. The van der Waals surface area contributed by atoms with Gasteiger partial charge < -0.3 is 10.3 Å². The average Bonchev–Trinajstić information content (AvgIpc) is 2.85. The van der Waals surface area contributed by atoms with Crippen LogP contribution in [0.5, 0.6) is 0 Å². The van der Waals surface area contributed by atoms with Crippen molar-refractivity contribution in [3.05, 3.63) is 42.0 Å². The Labute approximate surface area is 124 Å². The number of rotatable bonds is 6. The second-order valence-electron chi connectivity index (χ2n) is 4.83. The largest absolute Gasteiger partial charge is 0.330 e. The van der Waals surface area contributed by atoms with Crippen molar-refractivity contribution in [1.82, 2.24) is 19.5 Å². The molecule has 0 amide bonds. The second-order valence-corrected chi connectivity index (χ2v) is 6.54. The number of aromatic nitrogens is 3. The van der Waals surface area contributed by atoms with Crippen LogP contribution in [0.2, 0.25) is 0 Å². The molecule has 1 unspecified atom stereocenters. The maximum Gasteiger partial charge on any atom is 0.241 e. The summed E-state index contributed by atoms with van der Waals surface area (Å²) >= 11 is 0. The zero-order valence-electron chi connectivity index (χ0n) is 12.0. The van der Waals surface area contributed by atoms with Crippen molar-refractivity contribution in [3.63, 3.8) is 0 Å². The molecule has 7 nitrogen and oxygen atoms in total. The summed E-state index contributed by atoms with van der Waals surface area (Å²) in [5.41, 5.74) is 6.48. The molecule has 1 atom stereocenters. The Balaban J connectivity index is 2.16. The second kappa shape index (κ2) is 6.33. The summed E-state index contributed by atoms with van der Waals surface area (Å²) in [7, 11) is -1.83. The summed E-state index contributed by atoms with van der Waals surface area (Å²) in [6, 6.07) is 6.24. The third-order valence-corrected chi connectivity index (χ3v) is 4.69. The zero-order chi connectivity index (χ0) is 15.5. The van der Waals surface area contributed by atoms with Crippen LogP contribution in [-0.4, -0.2) is 29.7 Å². The van der Waals surface area contributed by atoms with E-state index in [1.165, 1.54) is 6.33 Å². The molecule has 0 aliphatic carbocycles. The van der Waals surface area contributed by atoms with E-state index in [-0.39, 0.29) is 4.90 Å². The van der Waals surface area contributed by atoms with Gasteiger partial charge in [0.15, 0.2) is 0 Å². The zero-order valence-corrected chi connectivity index (χ0v) is 12.8. The number of hydrogen-bond donors (Lipinski definition) is 2. The van der Waals surface area contributed by atoms with Crippen LogP contribution in [0, 0.1) is 0 Å². The lowest BCUT2D eigenvalue weighted by Gasteiger charge is -2.13. The first-order valence-electron chi connectivity index (χ1n) is 6.59. The van der Waals surface area contributed by atoms with Crippen molar-refractivity contribution in [2.75, 3.05) is 6.54 Å². The molecule has 2 rings (SSSR count). The molecular formula is C13H19N5O2S. The van der Waals surface area contributed by atoms with E-state index < -0.39 is 16.1 Å². The average molecular weight is 309 g/mol. The molecule has 114 valence electrons. The Bertz CT molecular complexity index is 694. The molecule has 0 radical (unpaired) electrons. The molecule has 8 heteroatoms. The van der Waals surface area contributed by atoms with Crippen molar-refractivity contribution in [2.45, 2.75) is 24.3 Å². The lowest BCUT2D eigenvalue weighted by atomic mass is 10.2. The first kappa shape index (κ1) is 15.6. The van der Waals surface area contributed by atoms with E-state index in [1.54, 1.807) is 42.8 Å². The minimum atomic E-state index is -3.60. The fraction of sp³-hybridized carbons (Fsp3) is 0.385. The summed E-state index contributed by atoms with van der Waals surface area (Å²) in [5.74, 6) is 0.554. The highest BCUT2D eigenvalue weighted by molar-refractivity contribution is 7.89. The SMILES string of the molecule is CC(NS(=O)(=O)c1ccc(CCN)cc1)c1nncn1C. The van der Waals surface area contributed by atoms with Crippen LogP contribution in [0.1, 0.15) is 24.4 Å². The number of hydrogen-bond acceptors (Lipinski definition) is 5. The molecule has 1 aromatic heterocycles. The molecule has 0 spiro atoms.